The highest BCUT2D eigenvalue weighted by Gasteiger charge is 2.11. The van der Waals surface area contributed by atoms with E-state index in [9.17, 15) is 0 Å². The predicted octanol–water partition coefficient (Wildman–Crippen LogP) is 3.38. The van der Waals surface area contributed by atoms with Crippen molar-refractivity contribution in [3.05, 3.63) is 29.3 Å². The first-order valence-electron chi connectivity index (χ1n) is 6.36. The Morgan fingerprint density at radius 1 is 1.24 bits per heavy atom. The van der Waals surface area contributed by atoms with Gasteiger partial charge in [-0.1, -0.05) is 32.9 Å². The molecule has 2 nitrogen and oxygen atoms in total. The highest BCUT2D eigenvalue weighted by atomic mass is 16.2. The maximum atomic E-state index is 8.91. The molecule has 1 rings (SSSR count). The van der Waals surface area contributed by atoms with Gasteiger partial charge in [0, 0.05) is 18.8 Å². The molecule has 0 atom stereocenters. The van der Waals surface area contributed by atoms with E-state index in [4.69, 9.17) is 5.11 Å². The molecule has 0 unspecified atom stereocenters. The molecule has 1 aromatic rings. The molecule has 0 aromatic heterocycles. The monoisotopic (exact) mass is 235 g/mol. The predicted molar refractivity (Wildman–Crippen MR) is 74.5 cm³/mol. The molecule has 0 bridgehead atoms. The number of aryl methyl sites for hydroxylation is 2. The highest BCUT2D eigenvalue weighted by Crippen LogP contribution is 2.21. The third kappa shape index (κ3) is 5.22. The van der Waals surface area contributed by atoms with Crippen LogP contribution in [0.15, 0.2) is 18.2 Å². The van der Waals surface area contributed by atoms with Gasteiger partial charge in [-0.2, -0.15) is 0 Å². The van der Waals surface area contributed by atoms with Crippen LogP contribution in [0.25, 0.3) is 0 Å². The minimum atomic E-state index is 0.257. The summed E-state index contributed by atoms with van der Waals surface area (Å²) in [5.41, 5.74) is 4.06. The lowest BCUT2D eigenvalue weighted by atomic mass is 9.96. The first-order chi connectivity index (χ1) is 7.92. The Balaban J connectivity index is 2.76. The summed E-state index contributed by atoms with van der Waals surface area (Å²) in [7, 11) is 0. The van der Waals surface area contributed by atoms with Crippen LogP contribution in [0.3, 0.4) is 0 Å². The quantitative estimate of drug-likeness (QED) is 0.820. The average molecular weight is 235 g/mol. The van der Waals surface area contributed by atoms with Gasteiger partial charge in [0.05, 0.1) is 0 Å². The van der Waals surface area contributed by atoms with E-state index in [0.29, 0.717) is 0 Å². The molecule has 1 aromatic carbocycles. The lowest BCUT2D eigenvalue weighted by molar-refractivity contribution is 0.288. The van der Waals surface area contributed by atoms with Crippen LogP contribution in [-0.4, -0.2) is 18.3 Å². The summed E-state index contributed by atoms with van der Waals surface area (Å²) in [6.07, 6.45) is 1.76. The summed E-state index contributed by atoms with van der Waals surface area (Å²) in [5, 5.41) is 12.4. The van der Waals surface area contributed by atoms with Crippen LogP contribution in [0.1, 0.15) is 38.3 Å². The minimum Gasteiger partial charge on any atom is -0.396 e. The van der Waals surface area contributed by atoms with E-state index >= 15 is 0 Å². The lowest BCUT2D eigenvalue weighted by Crippen LogP contribution is -2.19. The van der Waals surface area contributed by atoms with Gasteiger partial charge in [-0.3, -0.25) is 0 Å². The van der Waals surface area contributed by atoms with Crippen molar-refractivity contribution < 1.29 is 5.11 Å². The normalized spacial score (nSPS) is 11.6. The Kier molecular flexibility index (Phi) is 5.01. The second-order valence-electron chi connectivity index (χ2n) is 5.90. The minimum absolute atomic E-state index is 0.257. The Morgan fingerprint density at radius 2 is 1.94 bits per heavy atom. The molecule has 2 heteroatoms. The molecular weight excluding hydrogens is 210 g/mol. The summed E-state index contributed by atoms with van der Waals surface area (Å²) in [5.74, 6) is 0. The van der Waals surface area contributed by atoms with Gasteiger partial charge >= 0.3 is 0 Å². The summed E-state index contributed by atoms with van der Waals surface area (Å²) >= 11 is 0. The standard InChI is InChI=1S/C15H25NO/c1-12-7-8-13(6-5-9-17)14(10-12)16-11-15(2,3)4/h7-8,10,16-17H,5-6,9,11H2,1-4H3. The molecule has 96 valence electrons. The van der Waals surface area contributed by atoms with E-state index in [0.717, 1.165) is 19.4 Å². The average Bonchev–Trinajstić information content (AvgIpc) is 2.24. The maximum absolute atomic E-state index is 8.91. The van der Waals surface area contributed by atoms with E-state index in [1.54, 1.807) is 0 Å². The largest absolute Gasteiger partial charge is 0.396 e. The fourth-order valence-corrected chi connectivity index (χ4v) is 1.70. The van der Waals surface area contributed by atoms with Gasteiger partial charge in [0.25, 0.3) is 0 Å². The zero-order chi connectivity index (χ0) is 12.9. The molecule has 0 aliphatic rings. The Hall–Kier alpha value is -1.02. The fourth-order valence-electron chi connectivity index (χ4n) is 1.70. The maximum Gasteiger partial charge on any atom is 0.0434 e. The number of hydrogen-bond donors (Lipinski definition) is 2. The fraction of sp³-hybridized carbons (Fsp3) is 0.600. The van der Waals surface area contributed by atoms with E-state index in [1.165, 1.54) is 16.8 Å². The van der Waals surface area contributed by atoms with Crippen molar-refractivity contribution in [1.29, 1.82) is 0 Å². The molecule has 0 fully saturated rings. The number of nitrogens with one attached hydrogen (secondary N) is 1. The summed E-state index contributed by atoms with van der Waals surface area (Å²) in [6, 6.07) is 6.49. The summed E-state index contributed by atoms with van der Waals surface area (Å²) < 4.78 is 0. The van der Waals surface area contributed by atoms with E-state index < -0.39 is 0 Å². The number of aliphatic hydroxyl groups excluding tert-OH is 1. The van der Waals surface area contributed by atoms with Gasteiger partial charge in [-0.15, -0.1) is 0 Å². The molecular formula is C15H25NO. The Labute approximate surface area is 105 Å². The number of rotatable bonds is 5. The number of benzene rings is 1. The van der Waals surface area contributed by atoms with Crippen molar-refractivity contribution in [2.45, 2.75) is 40.5 Å². The molecule has 0 spiro atoms. The third-order valence-electron chi connectivity index (χ3n) is 2.68. The first kappa shape index (κ1) is 14.0. The highest BCUT2D eigenvalue weighted by molar-refractivity contribution is 5.53. The van der Waals surface area contributed by atoms with Gasteiger partial charge in [-0.05, 0) is 42.4 Å². The number of hydrogen-bond acceptors (Lipinski definition) is 2. The Morgan fingerprint density at radius 3 is 2.53 bits per heavy atom. The molecule has 2 N–H and O–H groups in total. The number of anilines is 1. The third-order valence-corrected chi connectivity index (χ3v) is 2.68. The summed E-state index contributed by atoms with van der Waals surface area (Å²) in [6.45, 7) is 10.0. The van der Waals surface area contributed by atoms with Crippen molar-refractivity contribution in [3.63, 3.8) is 0 Å². The zero-order valence-corrected chi connectivity index (χ0v) is 11.5. The van der Waals surface area contributed by atoms with Crippen LogP contribution in [0.2, 0.25) is 0 Å². The number of aliphatic hydroxyl groups is 1. The lowest BCUT2D eigenvalue weighted by Gasteiger charge is -2.21. The first-order valence-corrected chi connectivity index (χ1v) is 6.36. The van der Waals surface area contributed by atoms with Crippen LogP contribution in [0.4, 0.5) is 5.69 Å². The van der Waals surface area contributed by atoms with Gasteiger partial charge in [0.1, 0.15) is 0 Å². The van der Waals surface area contributed by atoms with Gasteiger partial charge in [0.15, 0.2) is 0 Å². The van der Waals surface area contributed by atoms with Crippen molar-refractivity contribution >= 4 is 5.69 Å². The molecule has 0 heterocycles. The molecule has 0 saturated carbocycles. The van der Waals surface area contributed by atoms with Crippen LogP contribution in [0.5, 0.6) is 0 Å². The van der Waals surface area contributed by atoms with E-state index in [2.05, 4.69) is 51.2 Å². The van der Waals surface area contributed by atoms with Crippen LogP contribution in [0, 0.1) is 12.3 Å². The van der Waals surface area contributed by atoms with Gasteiger partial charge in [-0.25, -0.2) is 0 Å². The van der Waals surface area contributed by atoms with E-state index in [-0.39, 0.29) is 12.0 Å². The van der Waals surface area contributed by atoms with Crippen molar-refractivity contribution in [3.8, 4) is 0 Å². The zero-order valence-electron chi connectivity index (χ0n) is 11.5. The molecule has 0 aliphatic heterocycles. The van der Waals surface area contributed by atoms with Crippen molar-refractivity contribution in [2.75, 3.05) is 18.5 Å². The molecule has 0 aliphatic carbocycles. The SMILES string of the molecule is Cc1ccc(CCCO)c(NCC(C)(C)C)c1. The second kappa shape index (κ2) is 6.06. The Bertz CT molecular complexity index is 352. The summed E-state index contributed by atoms with van der Waals surface area (Å²) in [4.78, 5) is 0. The van der Waals surface area contributed by atoms with Crippen LogP contribution < -0.4 is 5.32 Å². The van der Waals surface area contributed by atoms with Crippen molar-refractivity contribution in [1.82, 2.24) is 0 Å². The van der Waals surface area contributed by atoms with Crippen LogP contribution in [-0.2, 0) is 6.42 Å². The molecule has 17 heavy (non-hydrogen) atoms. The smallest absolute Gasteiger partial charge is 0.0434 e. The van der Waals surface area contributed by atoms with Gasteiger partial charge < -0.3 is 10.4 Å². The second-order valence-corrected chi connectivity index (χ2v) is 5.90. The molecule has 0 amide bonds. The van der Waals surface area contributed by atoms with Crippen LogP contribution >= 0.6 is 0 Å². The van der Waals surface area contributed by atoms with Gasteiger partial charge in [0.2, 0.25) is 0 Å². The molecule has 0 saturated heterocycles. The van der Waals surface area contributed by atoms with E-state index in [1.807, 2.05) is 0 Å². The molecule has 0 radical (unpaired) electrons. The topological polar surface area (TPSA) is 32.3 Å². The van der Waals surface area contributed by atoms with Crippen molar-refractivity contribution in [2.24, 2.45) is 5.41 Å².